The van der Waals surface area contributed by atoms with Crippen LogP contribution in [0.25, 0.3) is 0 Å². The predicted octanol–water partition coefficient (Wildman–Crippen LogP) is 8.67. The number of ether oxygens (including phenoxy) is 2. The van der Waals surface area contributed by atoms with Crippen LogP contribution >= 0.6 is 7.82 Å². The predicted molar refractivity (Wildman–Crippen MR) is 226 cm³/mol. The molecule has 0 bridgehead atoms. The van der Waals surface area contributed by atoms with Crippen LogP contribution in [0.1, 0.15) is 200 Å². The first-order valence-corrected chi connectivity index (χ1v) is 24.4. The van der Waals surface area contributed by atoms with Crippen molar-refractivity contribution < 1.29 is 63.1 Å². The van der Waals surface area contributed by atoms with E-state index in [2.05, 4.69) is 13.5 Å². The molecule has 1 rings (SSSR count). The fourth-order valence-corrected chi connectivity index (χ4v) is 8.24. The fraction of sp³-hybridized carbons (Fsp3) is 0.909. The summed E-state index contributed by atoms with van der Waals surface area (Å²) in [7, 11) is -5.11. The van der Waals surface area contributed by atoms with Gasteiger partial charge in [-0.3, -0.25) is 18.6 Å². The summed E-state index contributed by atoms with van der Waals surface area (Å²) in [5.41, 5.74) is 0. The number of rotatable bonds is 39. The second-order valence-corrected chi connectivity index (χ2v) is 17.8. The molecule has 0 saturated heterocycles. The minimum atomic E-state index is -5.11. The minimum Gasteiger partial charge on any atom is -0.462 e. The summed E-state index contributed by atoms with van der Waals surface area (Å²) in [6, 6.07) is 0. The highest BCUT2D eigenvalue weighted by Crippen LogP contribution is 2.47. The quantitative estimate of drug-likeness (QED) is 0.0148. The van der Waals surface area contributed by atoms with E-state index in [1.54, 1.807) is 0 Å². The average Bonchev–Trinajstić information content (AvgIpc) is 3.20. The Balaban J connectivity index is 2.44. The van der Waals surface area contributed by atoms with E-state index in [9.17, 15) is 44.6 Å². The van der Waals surface area contributed by atoms with Crippen molar-refractivity contribution in [3.8, 4) is 0 Å². The molecule has 14 heteroatoms. The normalized spacial score (nSPS) is 22.3. The van der Waals surface area contributed by atoms with E-state index in [4.69, 9.17) is 18.5 Å². The highest BCUT2D eigenvalue weighted by Gasteiger charge is 2.51. The maximum absolute atomic E-state index is 12.8. The van der Waals surface area contributed by atoms with E-state index in [1.165, 1.54) is 116 Å². The van der Waals surface area contributed by atoms with Gasteiger partial charge in [-0.05, 0) is 25.7 Å². The van der Waals surface area contributed by atoms with E-state index in [-0.39, 0.29) is 12.8 Å². The van der Waals surface area contributed by atoms with Gasteiger partial charge in [0.1, 0.15) is 43.2 Å². The second kappa shape index (κ2) is 35.2. The van der Waals surface area contributed by atoms with Gasteiger partial charge < -0.3 is 39.9 Å². The first kappa shape index (κ1) is 54.6. The van der Waals surface area contributed by atoms with Crippen molar-refractivity contribution in [1.82, 2.24) is 0 Å². The third kappa shape index (κ3) is 27.4. The Bertz CT molecular complexity index is 1060. The van der Waals surface area contributed by atoms with Crippen molar-refractivity contribution in [2.75, 3.05) is 13.2 Å². The highest BCUT2D eigenvalue weighted by atomic mass is 31.2. The number of carbonyl (C=O) groups is 2. The maximum atomic E-state index is 12.8. The van der Waals surface area contributed by atoms with Crippen LogP contribution in [0.15, 0.2) is 12.7 Å². The molecule has 6 unspecified atom stereocenters. The molecule has 1 fully saturated rings. The topological polar surface area (TPSA) is 210 Å². The molecule has 342 valence electrons. The lowest BCUT2D eigenvalue weighted by atomic mass is 9.85. The first-order valence-electron chi connectivity index (χ1n) is 23.0. The molecule has 1 aliphatic rings. The van der Waals surface area contributed by atoms with Crippen LogP contribution in [0.3, 0.4) is 0 Å². The Labute approximate surface area is 350 Å². The van der Waals surface area contributed by atoms with Gasteiger partial charge >= 0.3 is 19.8 Å². The molecular formula is C44H83O13P. The molecule has 0 aromatic heterocycles. The van der Waals surface area contributed by atoms with Crippen LogP contribution in [-0.4, -0.2) is 98.3 Å². The number of esters is 2. The first-order chi connectivity index (χ1) is 27.9. The summed E-state index contributed by atoms with van der Waals surface area (Å²) in [4.78, 5) is 35.7. The zero-order valence-electron chi connectivity index (χ0n) is 35.9. The zero-order valence-corrected chi connectivity index (χ0v) is 36.8. The number of allylic oxidation sites excluding steroid dienone is 1. The third-order valence-corrected chi connectivity index (χ3v) is 12.0. The molecular weight excluding hydrogens is 767 g/mol. The van der Waals surface area contributed by atoms with Crippen LogP contribution in [-0.2, 0) is 32.7 Å². The van der Waals surface area contributed by atoms with Crippen molar-refractivity contribution in [2.45, 2.75) is 242 Å². The molecule has 1 saturated carbocycles. The van der Waals surface area contributed by atoms with Crippen molar-refractivity contribution in [3.63, 3.8) is 0 Å². The van der Waals surface area contributed by atoms with Gasteiger partial charge in [0.2, 0.25) is 0 Å². The standard InChI is InChI=1S/C44H83O13P/c1-3-5-7-9-11-13-15-17-19-21-23-25-27-29-31-33-38(46)56-36(35-55-58(52,53)57-44-42(50)40(48)39(47)41(49)43(44)51)34-54-37(45)32-30-28-26-24-22-20-18-16-14-12-10-8-6-4-2/h3,36,39-44,47-51H,1,4-35H2,2H3,(H,52,53)/t36-,39?,40-,41?,42?,43?,44?/m0/s1. The van der Waals surface area contributed by atoms with Gasteiger partial charge in [0, 0.05) is 12.8 Å². The third-order valence-electron chi connectivity index (χ3n) is 11.0. The molecule has 0 amide bonds. The van der Waals surface area contributed by atoms with Crippen LogP contribution in [0, 0.1) is 0 Å². The Hall–Kier alpha value is -1.41. The van der Waals surface area contributed by atoms with E-state index in [0.717, 1.165) is 51.4 Å². The Kier molecular flexibility index (Phi) is 33.2. The molecule has 1 aliphatic carbocycles. The van der Waals surface area contributed by atoms with Crippen molar-refractivity contribution in [1.29, 1.82) is 0 Å². The van der Waals surface area contributed by atoms with E-state index >= 15 is 0 Å². The van der Waals surface area contributed by atoms with E-state index < -0.39 is 75.7 Å². The van der Waals surface area contributed by atoms with Crippen molar-refractivity contribution >= 4 is 19.8 Å². The lowest BCUT2D eigenvalue weighted by Gasteiger charge is -2.41. The second-order valence-electron chi connectivity index (χ2n) is 16.4. The molecule has 0 aliphatic heterocycles. The van der Waals surface area contributed by atoms with Crippen LogP contribution in [0.5, 0.6) is 0 Å². The molecule has 6 N–H and O–H groups in total. The van der Waals surface area contributed by atoms with E-state index in [0.29, 0.717) is 12.8 Å². The molecule has 0 radical (unpaired) electrons. The lowest BCUT2D eigenvalue weighted by molar-refractivity contribution is -0.220. The number of hydrogen-bond acceptors (Lipinski definition) is 12. The van der Waals surface area contributed by atoms with E-state index in [1.807, 2.05) is 6.08 Å². The number of aliphatic hydroxyl groups excluding tert-OH is 5. The Morgan fingerprint density at radius 2 is 0.914 bits per heavy atom. The van der Waals surface area contributed by atoms with Gasteiger partial charge in [-0.15, -0.1) is 6.58 Å². The summed E-state index contributed by atoms with van der Waals surface area (Å²) in [6.07, 6.45) is 21.6. The van der Waals surface area contributed by atoms with Gasteiger partial charge in [0.05, 0.1) is 6.61 Å². The molecule has 0 spiro atoms. The largest absolute Gasteiger partial charge is 0.472 e. The van der Waals surface area contributed by atoms with Crippen LogP contribution < -0.4 is 0 Å². The molecule has 0 aromatic rings. The van der Waals surface area contributed by atoms with Gasteiger partial charge in [0.25, 0.3) is 0 Å². The van der Waals surface area contributed by atoms with Crippen LogP contribution in [0.2, 0.25) is 0 Å². The number of phosphoric acid groups is 1. The zero-order chi connectivity index (χ0) is 42.9. The van der Waals surface area contributed by atoms with Gasteiger partial charge in [-0.25, -0.2) is 4.57 Å². The smallest absolute Gasteiger partial charge is 0.462 e. The van der Waals surface area contributed by atoms with Crippen molar-refractivity contribution in [2.24, 2.45) is 0 Å². The van der Waals surface area contributed by atoms with Crippen molar-refractivity contribution in [3.05, 3.63) is 12.7 Å². The summed E-state index contributed by atoms with van der Waals surface area (Å²) in [5, 5.41) is 50.1. The summed E-state index contributed by atoms with van der Waals surface area (Å²) in [5.74, 6) is -1.09. The number of hydrogen-bond donors (Lipinski definition) is 6. The minimum absolute atomic E-state index is 0.0993. The van der Waals surface area contributed by atoms with Gasteiger partial charge in [-0.1, -0.05) is 167 Å². The molecule has 13 nitrogen and oxygen atoms in total. The summed E-state index contributed by atoms with van der Waals surface area (Å²) >= 11 is 0. The van der Waals surface area contributed by atoms with Gasteiger partial charge in [0.15, 0.2) is 6.10 Å². The summed E-state index contributed by atoms with van der Waals surface area (Å²) in [6.45, 7) is 4.84. The average molecular weight is 851 g/mol. The Morgan fingerprint density at radius 1 is 0.552 bits per heavy atom. The Morgan fingerprint density at radius 3 is 1.33 bits per heavy atom. The lowest BCUT2D eigenvalue weighted by Crippen LogP contribution is -2.64. The fourth-order valence-electron chi connectivity index (χ4n) is 7.27. The number of carbonyl (C=O) groups excluding carboxylic acids is 2. The number of phosphoric ester groups is 1. The van der Waals surface area contributed by atoms with Crippen LogP contribution in [0.4, 0.5) is 0 Å². The number of aliphatic hydroxyl groups is 5. The number of unbranched alkanes of at least 4 members (excludes halogenated alkanes) is 26. The molecule has 0 heterocycles. The highest BCUT2D eigenvalue weighted by molar-refractivity contribution is 7.47. The SMILES string of the molecule is C=CCCCCCCCCCCCCCCCC(=O)O[C@@H](COC(=O)CCCCCCCCCCCCCCCC)COP(=O)(O)OC1C(O)C(O)C(O)[C@H](O)C1O. The molecule has 58 heavy (non-hydrogen) atoms. The molecule has 8 atom stereocenters. The van der Waals surface area contributed by atoms with Gasteiger partial charge in [-0.2, -0.15) is 0 Å². The molecule has 0 aromatic carbocycles. The summed E-state index contributed by atoms with van der Waals surface area (Å²) < 4.78 is 33.5. The monoisotopic (exact) mass is 851 g/mol. The maximum Gasteiger partial charge on any atom is 0.472 e.